The highest BCUT2D eigenvalue weighted by Gasteiger charge is 2.18. The van der Waals surface area contributed by atoms with Crippen molar-refractivity contribution in [1.29, 1.82) is 0 Å². The van der Waals surface area contributed by atoms with E-state index in [9.17, 15) is 18.4 Å². The minimum atomic E-state index is -2.84. The molecule has 6 heteroatoms. The third kappa shape index (κ3) is 4.31. The Bertz CT molecular complexity index is 472. The van der Waals surface area contributed by atoms with Gasteiger partial charge in [-0.1, -0.05) is 12.1 Å². The van der Waals surface area contributed by atoms with E-state index in [2.05, 4.69) is 0 Å². The van der Waals surface area contributed by atoms with E-state index in [1.165, 1.54) is 12.1 Å². The van der Waals surface area contributed by atoms with Crippen LogP contribution in [0.3, 0.4) is 0 Å². The van der Waals surface area contributed by atoms with Crippen LogP contribution in [-0.4, -0.2) is 23.7 Å². The summed E-state index contributed by atoms with van der Waals surface area (Å²) in [6.45, 7) is 1.95. The maximum atomic E-state index is 12.6. The first-order chi connectivity index (χ1) is 8.95. The van der Waals surface area contributed by atoms with Crippen LogP contribution in [0.5, 0.6) is 0 Å². The molecule has 0 aliphatic heterocycles. The number of halogens is 2. The number of alkyl halides is 2. The van der Waals surface area contributed by atoms with Gasteiger partial charge in [-0.15, -0.1) is 0 Å². The van der Waals surface area contributed by atoms with Gasteiger partial charge in [0, 0.05) is 12.0 Å². The van der Waals surface area contributed by atoms with Crippen molar-refractivity contribution in [2.75, 3.05) is 6.61 Å². The summed E-state index contributed by atoms with van der Waals surface area (Å²) in [5.74, 6) is -1.81. The molecule has 104 valence electrons. The molecule has 1 N–H and O–H groups in total. The number of carboxylic acids is 1. The van der Waals surface area contributed by atoms with Gasteiger partial charge in [0.1, 0.15) is 0 Å². The van der Waals surface area contributed by atoms with Gasteiger partial charge in [-0.2, -0.15) is 0 Å². The highest BCUT2D eigenvalue weighted by atomic mass is 19.3. The molecule has 1 rings (SSSR count). The Kier molecular flexibility index (Phi) is 5.41. The fourth-order valence-corrected chi connectivity index (χ4v) is 1.61. The van der Waals surface area contributed by atoms with E-state index >= 15 is 0 Å². The molecule has 0 unspecified atom stereocenters. The monoisotopic (exact) mass is 272 g/mol. The molecule has 0 aliphatic rings. The van der Waals surface area contributed by atoms with Crippen molar-refractivity contribution in [2.24, 2.45) is 0 Å². The number of esters is 1. The van der Waals surface area contributed by atoms with Crippen LogP contribution in [-0.2, 0) is 16.0 Å². The van der Waals surface area contributed by atoms with Crippen LogP contribution in [0.25, 0.3) is 0 Å². The van der Waals surface area contributed by atoms with Crippen LogP contribution in [0, 0.1) is 0 Å². The molecule has 0 heterocycles. The Morgan fingerprint density at radius 1 is 1.37 bits per heavy atom. The summed E-state index contributed by atoms with van der Waals surface area (Å²) in [6.07, 6.45) is -2.51. The van der Waals surface area contributed by atoms with Gasteiger partial charge in [0.2, 0.25) is 0 Å². The van der Waals surface area contributed by atoms with E-state index in [1.54, 1.807) is 6.92 Å². The lowest BCUT2D eigenvalue weighted by atomic mass is 10.0. The molecular weight excluding hydrogens is 258 g/mol. The van der Waals surface area contributed by atoms with Crippen LogP contribution in [0.15, 0.2) is 18.2 Å². The van der Waals surface area contributed by atoms with E-state index in [4.69, 9.17) is 9.84 Å². The molecular formula is C13H14F2O4. The Hall–Kier alpha value is -1.98. The van der Waals surface area contributed by atoms with Crippen molar-refractivity contribution in [3.8, 4) is 0 Å². The molecule has 4 nitrogen and oxygen atoms in total. The molecule has 0 radical (unpaired) electrons. The maximum absolute atomic E-state index is 12.6. The van der Waals surface area contributed by atoms with Crippen molar-refractivity contribution >= 4 is 11.9 Å². The standard InChI is InChI=1S/C13H14F2O4/c1-2-19-11(16)6-4-8-3-5-9(12(14)15)10(7-8)13(17)18/h3,5,7,12H,2,4,6H2,1H3,(H,17,18). The third-order valence-electron chi connectivity index (χ3n) is 2.51. The summed E-state index contributed by atoms with van der Waals surface area (Å²) in [6, 6.07) is 3.64. The predicted molar refractivity (Wildman–Crippen MR) is 63.3 cm³/mol. The van der Waals surface area contributed by atoms with Crippen molar-refractivity contribution in [1.82, 2.24) is 0 Å². The summed E-state index contributed by atoms with van der Waals surface area (Å²) >= 11 is 0. The molecule has 0 atom stereocenters. The van der Waals surface area contributed by atoms with Gasteiger partial charge in [0.15, 0.2) is 0 Å². The lowest BCUT2D eigenvalue weighted by Crippen LogP contribution is -2.07. The highest BCUT2D eigenvalue weighted by Crippen LogP contribution is 2.24. The van der Waals surface area contributed by atoms with Gasteiger partial charge < -0.3 is 9.84 Å². The number of benzene rings is 1. The normalized spacial score (nSPS) is 10.5. The van der Waals surface area contributed by atoms with E-state index in [-0.39, 0.29) is 19.4 Å². The summed E-state index contributed by atoms with van der Waals surface area (Å²) in [7, 11) is 0. The Labute approximate surface area is 109 Å². The van der Waals surface area contributed by atoms with Crippen LogP contribution in [0.4, 0.5) is 8.78 Å². The topological polar surface area (TPSA) is 63.6 Å². The molecule has 0 fully saturated rings. The van der Waals surface area contributed by atoms with Gasteiger partial charge in [0.05, 0.1) is 12.2 Å². The summed E-state index contributed by atoms with van der Waals surface area (Å²) in [4.78, 5) is 22.0. The van der Waals surface area contributed by atoms with Gasteiger partial charge in [-0.25, -0.2) is 13.6 Å². The number of aromatic carboxylic acids is 1. The molecule has 0 amide bonds. The zero-order valence-electron chi connectivity index (χ0n) is 10.4. The zero-order valence-corrected chi connectivity index (χ0v) is 10.4. The number of carbonyl (C=O) groups is 2. The average molecular weight is 272 g/mol. The predicted octanol–water partition coefficient (Wildman–Crippen LogP) is 2.82. The van der Waals surface area contributed by atoms with Crippen molar-refractivity contribution in [3.05, 3.63) is 34.9 Å². The summed E-state index contributed by atoms with van der Waals surface area (Å²) in [5.41, 5.74) is -0.446. The second-order valence-electron chi connectivity index (χ2n) is 3.83. The number of ether oxygens (including phenoxy) is 1. The molecule has 0 aliphatic carbocycles. The smallest absolute Gasteiger partial charge is 0.336 e. The molecule has 19 heavy (non-hydrogen) atoms. The summed E-state index contributed by atoms with van der Waals surface area (Å²) in [5, 5.41) is 8.88. The first kappa shape index (κ1) is 15.1. The number of rotatable bonds is 6. The van der Waals surface area contributed by atoms with Gasteiger partial charge in [0.25, 0.3) is 6.43 Å². The van der Waals surface area contributed by atoms with E-state index in [1.807, 2.05) is 0 Å². The first-order valence-corrected chi connectivity index (χ1v) is 5.75. The zero-order chi connectivity index (χ0) is 14.4. The molecule has 1 aromatic rings. The highest BCUT2D eigenvalue weighted by molar-refractivity contribution is 5.89. The molecule has 0 saturated carbocycles. The maximum Gasteiger partial charge on any atom is 0.336 e. The Balaban J connectivity index is 2.84. The minimum absolute atomic E-state index is 0.0843. The van der Waals surface area contributed by atoms with E-state index in [0.717, 1.165) is 6.07 Å². The number of carbonyl (C=O) groups excluding carboxylic acids is 1. The first-order valence-electron chi connectivity index (χ1n) is 5.75. The van der Waals surface area contributed by atoms with E-state index in [0.29, 0.717) is 5.56 Å². The molecule has 0 saturated heterocycles. The summed E-state index contributed by atoms with van der Waals surface area (Å²) < 4.78 is 29.9. The third-order valence-corrected chi connectivity index (χ3v) is 2.51. The lowest BCUT2D eigenvalue weighted by Gasteiger charge is -2.08. The van der Waals surface area contributed by atoms with Crippen LogP contribution < -0.4 is 0 Å². The van der Waals surface area contributed by atoms with Crippen LogP contribution in [0.1, 0.15) is 41.3 Å². The number of hydrogen-bond donors (Lipinski definition) is 1. The van der Waals surface area contributed by atoms with Crippen LogP contribution in [0.2, 0.25) is 0 Å². The fraction of sp³-hybridized carbons (Fsp3) is 0.385. The van der Waals surface area contributed by atoms with Crippen molar-refractivity contribution in [2.45, 2.75) is 26.2 Å². The Morgan fingerprint density at radius 3 is 2.58 bits per heavy atom. The molecule has 0 bridgehead atoms. The number of hydrogen-bond acceptors (Lipinski definition) is 3. The van der Waals surface area contributed by atoms with E-state index < -0.39 is 29.5 Å². The molecule has 1 aromatic carbocycles. The van der Waals surface area contributed by atoms with Crippen LogP contribution >= 0.6 is 0 Å². The minimum Gasteiger partial charge on any atom is -0.478 e. The Morgan fingerprint density at radius 2 is 2.05 bits per heavy atom. The van der Waals surface area contributed by atoms with Gasteiger partial charge in [-0.3, -0.25) is 4.79 Å². The fourth-order valence-electron chi connectivity index (χ4n) is 1.61. The number of carboxylic acid groups (broad SMARTS) is 1. The second-order valence-corrected chi connectivity index (χ2v) is 3.83. The van der Waals surface area contributed by atoms with Gasteiger partial charge in [-0.05, 0) is 25.0 Å². The average Bonchev–Trinajstić information content (AvgIpc) is 2.36. The second kappa shape index (κ2) is 6.82. The molecule has 0 spiro atoms. The number of aryl methyl sites for hydroxylation is 1. The van der Waals surface area contributed by atoms with Gasteiger partial charge >= 0.3 is 11.9 Å². The van der Waals surface area contributed by atoms with Crippen molar-refractivity contribution in [3.63, 3.8) is 0 Å². The SMILES string of the molecule is CCOC(=O)CCc1ccc(C(F)F)c(C(=O)O)c1. The molecule has 0 aromatic heterocycles. The quantitative estimate of drug-likeness (QED) is 0.809. The largest absolute Gasteiger partial charge is 0.478 e. The van der Waals surface area contributed by atoms with Crippen molar-refractivity contribution < 1.29 is 28.2 Å². The lowest BCUT2D eigenvalue weighted by molar-refractivity contribution is -0.143.